The van der Waals surface area contributed by atoms with Crippen molar-refractivity contribution in [2.45, 2.75) is 6.92 Å². The van der Waals surface area contributed by atoms with Gasteiger partial charge >= 0.3 is 0 Å². The van der Waals surface area contributed by atoms with Crippen LogP contribution in [0.1, 0.15) is 17.4 Å². The highest BCUT2D eigenvalue weighted by Crippen LogP contribution is 2.48. The molecule has 0 radical (unpaired) electrons. The van der Waals surface area contributed by atoms with Gasteiger partial charge in [-0.3, -0.25) is 5.41 Å². The van der Waals surface area contributed by atoms with Crippen LogP contribution in [-0.4, -0.2) is 4.57 Å². The average molecular weight is 614 g/mol. The fourth-order valence-corrected chi connectivity index (χ4v) is 8.32. The SMILES string of the molecule is C=Cc1c(/C=C\C)sc2c1c1c3ccccc3ccc1c1c3ccccc3n(C)c21.N=c1c2ccccc2oc2cccc(N)c12. The van der Waals surface area contributed by atoms with Crippen molar-refractivity contribution in [3.05, 3.63) is 132 Å². The van der Waals surface area contributed by atoms with E-state index in [1.807, 2.05) is 53.8 Å². The number of nitrogen functional groups attached to an aromatic ring is 1. The van der Waals surface area contributed by atoms with Crippen molar-refractivity contribution in [1.29, 1.82) is 5.41 Å². The molecular formula is C41H31N3OS. The molecule has 6 aromatic carbocycles. The van der Waals surface area contributed by atoms with Crippen LogP contribution in [-0.2, 0) is 7.05 Å². The van der Waals surface area contributed by atoms with Crippen LogP contribution in [0, 0.1) is 5.41 Å². The van der Waals surface area contributed by atoms with Crippen LogP contribution in [0.2, 0.25) is 0 Å². The molecule has 0 aliphatic carbocycles. The standard InChI is InChI=1S/C28H21NS.C13H10N2O/c1-4-10-23-18(5-2)26-24-19-12-7-6-11-17(19)15-16-21(24)25-20-13-8-9-14-22(20)29(3)27(25)28(26)30-23;14-9-5-3-7-11-12(9)13(15)8-4-1-2-6-10(8)16-11/h4-16H,2H2,1,3H3;1-7,15H,14H2/b10-4-;. The number of nitrogens with one attached hydrogen (secondary N) is 1. The fourth-order valence-electron chi connectivity index (χ4n) is 6.95. The van der Waals surface area contributed by atoms with E-state index in [0.717, 1.165) is 5.39 Å². The minimum Gasteiger partial charge on any atom is -0.456 e. The van der Waals surface area contributed by atoms with Crippen LogP contribution < -0.4 is 11.1 Å². The quantitative estimate of drug-likeness (QED) is 0.116. The minimum absolute atomic E-state index is 0.426. The molecule has 0 fully saturated rings. The Labute approximate surface area is 269 Å². The number of anilines is 1. The predicted molar refractivity (Wildman–Crippen MR) is 200 cm³/mol. The van der Waals surface area contributed by atoms with Crippen molar-refractivity contribution in [3.63, 3.8) is 0 Å². The number of aryl methyl sites for hydroxylation is 1. The van der Waals surface area contributed by atoms with Crippen LogP contribution in [0.3, 0.4) is 0 Å². The molecule has 222 valence electrons. The van der Waals surface area contributed by atoms with E-state index in [1.165, 1.54) is 63.9 Å². The van der Waals surface area contributed by atoms with Crippen LogP contribution in [0.4, 0.5) is 5.69 Å². The molecule has 3 heterocycles. The molecule has 0 saturated heterocycles. The summed E-state index contributed by atoms with van der Waals surface area (Å²) < 4.78 is 9.42. The lowest BCUT2D eigenvalue weighted by Gasteiger charge is -2.10. The summed E-state index contributed by atoms with van der Waals surface area (Å²) in [5.41, 5.74) is 11.6. The molecule has 0 aliphatic heterocycles. The van der Waals surface area contributed by atoms with Gasteiger partial charge in [-0.2, -0.15) is 0 Å². The highest BCUT2D eigenvalue weighted by atomic mass is 32.1. The number of para-hydroxylation sites is 2. The third-order valence-corrected chi connectivity index (χ3v) is 10.1. The van der Waals surface area contributed by atoms with Crippen molar-refractivity contribution < 1.29 is 4.42 Å². The molecule has 9 rings (SSSR count). The molecule has 0 unspecified atom stereocenters. The summed E-state index contributed by atoms with van der Waals surface area (Å²) >= 11 is 1.88. The lowest BCUT2D eigenvalue weighted by molar-refractivity contribution is 0.659. The highest BCUT2D eigenvalue weighted by molar-refractivity contribution is 7.21. The van der Waals surface area contributed by atoms with E-state index >= 15 is 0 Å². The highest BCUT2D eigenvalue weighted by Gasteiger charge is 2.21. The van der Waals surface area contributed by atoms with Gasteiger partial charge in [0.2, 0.25) is 0 Å². The van der Waals surface area contributed by atoms with E-state index in [9.17, 15) is 0 Å². The molecule has 5 heteroatoms. The monoisotopic (exact) mass is 613 g/mol. The first-order valence-electron chi connectivity index (χ1n) is 15.3. The van der Waals surface area contributed by atoms with Gasteiger partial charge < -0.3 is 14.7 Å². The second-order valence-corrected chi connectivity index (χ2v) is 12.5. The first-order chi connectivity index (χ1) is 22.5. The molecule has 3 N–H and O–H groups in total. The number of hydrogen-bond donors (Lipinski definition) is 2. The molecule has 0 amide bonds. The van der Waals surface area contributed by atoms with E-state index < -0.39 is 0 Å². The molecule has 0 spiro atoms. The van der Waals surface area contributed by atoms with Crippen LogP contribution >= 0.6 is 11.3 Å². The topological polar surface area (TPSA) is 67.9 Å². The fraction of sp³-hybridized carbons (Fsp3) is 0.0488. The van der Waals surface area contributed by atoms with Crippen LogP contribution in [0.25, 0.3) is 87.5 Å². The number of aromatic nitrogens is 1. The smallest absolute Gasteiger partial charge is 0.138 e. The number of fused-ring (bicyclic) bond motifs is 12. The Balaban J connectivity index is 0.000000164. The number of benzene rings is 6. The number of thiophene rings is 1. The van der Waals surface area contributed by atoms with E-state index in [2.05, 4.69) is 97.9 Å². The lowest BCUT2D eigenvalue weighted by atomic mass is 9.93. The van der Waals surface area contributed by atoms with Crippen molar-refractivity contribution in [3.8, 4) is 0 Å². The minimum atomic E-state index is 0.426. The van der Waals surface area contributed by atoms with Crippen molar-refractivity contribution in [1.82, 2.24) is 4.57 Å². The zero-order valence-corrected chi connectivity index (χ0v) is 26.4. The summed E-state index contributed by atoms with van der Waals surface area (Å²) in [6, 6.07) is 35.0. The number of nitrogens with two attached hydrogens (primary N) is 1. The van der Waals surface area contributed by atoms with E-state index in [4.69, 9.17) is 15.6 Å². The van der Waals surface area contributed by atoms with Gasteiger partial charge in [0.05, 0.1) is 21.0 Å². The summed E-state index contributed by atoms with van der Waals surface area (Å²) in [7, 11) is 2.19. The van der Waals surface area contributed by atoms with Gasteiger partial charge in [-0.1, -0.05) is 91.5 Å². The number of hydrogen-bond acceptors (Lipinski definition) is 4. The zero-order chi connectivity index (χ0) is 31.5. The molecule has 4 nitrogen and oxygen atoms in total. The number of rotatable bonds is 2. The maximum atomic E-state index is 8.13. The Kier molecular flexibility index (Phi) is 6.52. The van der Waals surface area contributed by atoms with E-state index in [-0.39, 0.29) is 0 Å². The molecule has 0 saturated carbocycles. The van der Waals surface area contributed by atoms with Crippen molar-refractivity contribution in [2.24, 2.45) is 7.05 Å². The Morgan fingerprint density at radius 2 is 1.46 bits per heavy atom. The normalized spacial score (nSPS) is 11.9. The van der Waals surface area contributed by atoms with Gasteiger partial charge in [0.1, 0.15) is 11.2 Å². The molecule has 0 bridgehead atoms. The van der Waals surface area contributed by atoms with Gasteiger partial charge in [0, 0.05) is 50.2 Å². The number of allylic oxidation sites excluding steroid dienone is 1. The Morgan fingerprint density at radius 1 is 0.739 bits per heavy atom. The Hall–Kier alpha value is -5.65. The second-order valence-electron chi connectivity index (χ2n) is 11.5. The predicted octanol–water partition coefficient (Wildman–Crippen LogP) is 11.2. The Bertz CT molecular complexity index is 2780. The van der Waals surface area contributed by atoms with Gasteiger partial charge in [-0.05, 0) is 64.9 Å². The summed E-state index contributed by atoms with van der Waals surface area (Å²) in [6.45, 7) is 6.27. The third-order valence-electron chi connectivity index (χ3n) is 8.95. The summed E-state index contributed by atoms with van der Waals surface area (Å²) in [6.07, 6.45) is 6.37. The third kappa shape index (κ3) is 4.02. The maximum absolute atomic E-state index is 8.13. The second kappa shape index (κ2) is 10.8. The van der Waals surface area contributed by atoms with Gasteiger partial charge in [-0.25, -0.2) is 0 Å². The number of nitrogens with zero attached hydrogens (tertiary/aromatic N) is 1. The molecule has 46 heavy (non-hydrogen) atoms. The van der Waals surface area contributed by atoms with Gasteiger partial charge in [0.15, 0.2) is 0 Å². The maximum Gasteiger partial charge on any atom is 0.138 e. The van der Waals surface area contributed by atoms with Gasteiger partial charge in [0.25, 0.3) is 0 Å². The molecular weight excluding hydrogens is 583 g/mol. The molecule has 0 atom stereocenters. The van der Waals surface area contributed by atoms with Crippen LogP contribution in [0.5, 0.6) is 0 Å². The first-order valence-corrected chi connectivity index (χ1v) is 16.1. The largest absolute Gasteiger partial charge is 0.456 e. The van der Waals surface area contributed by atoms with Crippen LogP contribution in [0.15, 0.2) is 120 Å². The first kappa shape index (κ1) is 27.9. The zero-order valence-electron chi connectivity index (χ0n) is 25.6. The molecule has 3 aromatic heterocycles. The Morgan fingerprint density at radius 3 is 2.26 bits per heavy atom. The summed E-state index contributed by atoms with van der Waals surface area (Å²) in [5, 5.41) is 19.3. The van der Waals surface area contributed by atoms with Gasteiger partial charge in [-0.15, -0.1) is 11.3 Å². The summed E-state index contributed by atoms with van der Waals surface area (Å²) in [4.78, 5) is 1.27. The van der Waals surface area contributed by atoms with E-state index in [1.54, 1.807) is 6.07 Å². The lowest BCUT2D eigenvalue weighted by Crippen LogP contribution is -2.05. The van der Waals surface area contributed by atoms with Crippen molar-refractivity contribution >= 4 is 105 Å². The molecule has 9 aromatic rings. The van der Waals surface area contributed by atoms with E-state index in [0.29, 0.717) is 27.6 Å². The average Bonchev–Trinajstić information content (AvgIpc) is 3.60. The molecule has 0 aliphatic rings. The van der Waals surface area contributed by atoms with Crippen molar-refractivity contribution in [2.75, 3.05) is 5.73 Å². The summed E-state index contributed by atoms with van der Waals surface area (Å²) in [5.74, 6) is 0.